The zero-order chi connectivity index (χ0) is 12.5. The number of hydrogen-bond acceptors (Lipinski definition) is 2. The van der Waals surface area contributed by atoms with E-state index in [4.69, 9.17) is 0 Å². The van der Waals surface area contributed by atoms with Crippen molar-refractivity contribution in [3.05, 3.63) is 50.6 Å². The van der Waals surface area contributed by atoms with Crippen molar-refractivity contribution in [2.75, 3.05) is 0 Å². The first-order valence-electron chi connectivity index (χ1n) is 6.15. The van der Waals surface area contributed by atoms with Gasteiger partial charge in [-0.15, -0.1) is 0 Å². The number of aromatic nitrogens is 3. The SMILES string of the molecule is O=c1n(Cc2ccccc2Br)nc2n1CCCC2. The van der Waals surface area contributed by atoms with E-state index in [-0.39, 0.29) is 5.69 Å². The van der Waals surface area contributed by atoms with Gasteiger partial charge in [-0.2, -0.15) is 5.10 Å². The lowest BCUT2D eigenvalue weighted by atomic mass is 10.2. The van der Waals surface area contributed by atoms with Crippen molar-refractivity contribution < 1.29 is 0 Å². The predicted molar refractivity (Wildman–Crippen MR) is 72.7 cm³/mol. The zero-order valence-electron chi connectivity index (χ0n) is 9.97. The van der Waals surface area contributed by atoms with E-state index in [1.54, 1.807) is 9.25 Å². The number of halogens is 1. The van der Waals surface area contributed by atoms with Crippen molar-refractivity contribution in [1.29, 1.82) is 0 Å². The molecule has 0 spiro atoms. The van der Waals surface area contributed by atoms with Crippen LogP contribution < -0.4 is 5.69 Å². The molecular weight excluding hydrogens is 294 g/mol. The van der Waals surface area contributed by atoms with Crippen LogP contribution in [0.1, 0.15) is 24.2 Å². The molecule has 0 saturated carbocycles. The van der Waals surface area contributed by atoms with Crippen molar-refractivity contribution in [2.45, 2.75) is 32.4 Å². The van der Waals surface area contributed by atoms with Gasteiger partial charge >= 0.3 is 5.69 Å². The van der Waals surface area contributed by atoms with Gasteiger partial charge in [0.2, 0.25) is 0 Å². The molecule has 0 unspecified atom stereocenters. The van der Waals surface area contributed by atoms with Gasteiger partial charge in [0.15, 0.2) is 0 Å². The van der Waals surface area contributed by atoms with Crippen LogP contribution in [0.25, 0.3) is 0 Å². The van der Waals surface area contributed by atoms with E-state index >= 15 is 0 Å². The summed E-state index contributed by atoms with van der Waals surface area (Å²) in [4.78, 5) is 12.2. The average Bonchev–Trinajstić information content (AvgIpc) is 2.70. The predicted octanol–water partition coefficient (Wildman–Crippen LogP) is 2.19. The maximum Gasteiger partial charge on any atom is 0.346 e. The molecule has 1 aromatic carbocycles. The summed E-state index contributed by atoms with van der Waals surface area (Å²) in [6.07, 6.45) is 3.12. The van der Waals surface area contributed by atoms with Crippen LogP contribution in [-0.2, 0) is 19.5 Å². The van der Waals surface area contributed by atoms with Crippen molar-refractivity contribution in [3.8, 4) is 0 Å². The lowest BCUT2D eigenvalue weighted by molar-refractivity contribution is 0.511. The Morgan fingerprint density at radius 1 is 1.28 bits per heavy atom. The molecular formula is C13H14BrN3O. The van der Waals surface area contributed by atoms with Gasteiger partial charge in [-0.3, -0.25) is 4.57 Å². The molecule has 0 radical (unpaired) electrons. The molecule has 0 N–H and O–H groups in total. The first-order valence-corrected chi connectivity index (χ1v) is 6.95. The third kappa shape index (κ3) is 2.03. The van der Waals surface area contributed by atoms with Crippen LogP contribution in [-0.4, -0.2) is 14.3 Å². The standard InChI is InChI=1S/C13H14BrN3O/c14-11-6-2-1-5-10(11)9-17-13(18)16-8-4-3-7-12(16)15-17/h1-2,5-6H,3-4,7-9H2. The Morgan fingerprint density at radius 2 is 2.11 bits per heavy atom. The number of rotatable bonds is 2. The van der Waals surface area contributed by atoms with Crippen LogP contribution in [0.15, 0.2) is 33.5 Å². The second-order valence-electron chi connectivity index (χ2n) is 4.56. The van der Waals surface area contributed by atoms with Crippen LogP contribution in [0, 0.1) is 0 Å². The summed E-state index contributed by atoms with van der Waals surface area (Å²) in [6, 6.07) is 7.93. The molecule has 1 aromatic heterocycles. The smallest absolute Gasteiger partial charge is 0.279 e. The van der Waals surface area contributed by atoms with Crippen LogP contribution in [0.5, 0.6) is 0 Å². The van der Waals surface area contributed by atoms with Crippen LogP contribution in [0.3, 0.4) is 0 Å². The molecule has 0 saturated heterocycles. The highest BCUT2D eigenvalue weighted by molar-refractivity contribution is 9.10. The molecule has 2 heterocycles. The maximum atomic E-state index is 12.2. The van der Waals surface area contributed by atoms with E-state index < -0.39 is 0 Å². The minimum Gasteiger partial charge on any atom is -0.279 e. The normalized spacial score (nSPS) is 14.5. The van der Waals surface area contributed by atoms with E-state index in [0.29, 0.717) is 6.54 Å². The summed E-state index contributed by atoms with van der Waals surface area (Å²) < 4.78 is 4.39. The van der Waals surface area contributed by atoms with E-state index in [1.807, 2.05) is 24.3 Å². The fourth-order valence-electron chi connectivity index (χ4n) is 2.34. The minimum absolute atomic E-state index is 0.0143. The number of aryl methyl sites for hydroxylation is 1. The fourth-order valence-corrected chi connectivity index (χ4v) is 2.75. The second-order valence-corrected chi connectivity index (χ2v) is 5.41. The van der Waals surface area contributed by atoms with Gasteiger partial charge in [0.25, 0.3) is 0 Å². The zero-order valence-corrected chi connectivity index (χ0v) is 11.6. The number of benzene rings is 1. The highest BCUT2D eigenvalue weighted by Gasteiger charge is 2.16. The summed E-state index contributed by atoms with van der Waals surface area (Å²) in [7, 11) is 0. The van der Waals surface area contributed by atoms with Crippen LogP contribution >= 0.6 is 15.9 Å². The molecule has 1 aliphatic heterocycles. The Labute approximate surface area is 113 Å². The van der Waals surface area contributed by atoms with Crippen molar-refractivity contribution >= 4 is 15.9 Å². The van der Waals surface area contributed by atoms with E-state index in [0.717, 1.165) is 41.7 Å². The number of nitrogens with zero attached hydrogens (tertiary/aromatic N) is 3. The van der Waals surface area contributed by atoms with Crippen molar-refractivity contribution in [3.63, 3.8) is 0 Å². The molecule has 2 aromatic rings. The molecule has 94 valence electrons. The van der Waals surface area contributed by atoms with Gasteiger partial charge in [-0.05, 0) is 24.5 Å². The van der Waals surface area contributed by atoms with E-state index in [9.17, 15) is 4.79 Å². The molecule has 5 heteroatoms. The Morgan fingerprint density at radius 3 is 2.89 bits per heavy atom. The summed E-state index contributed by atoms with van der Waals surface area (Å²) in [5.41, 5.74) is 1.09. The van der Waals surface area contributed by atoms with E-state index in [2.05, 4.69) is 21.0 Å². The average molecular weight is 308 g/mol. The number of fused-ring (bicyclic) bond motifs is 1. The number of hydrogen-bond donors (Lipinski definition) is 0. The van der Waals surface area contributed by atoms with Gasteiger partial charge < -0.3 is 0 Å². The van der Waals surface area contributed by atoms with Gasteiger partial charge in [-0.25, -0.2) is 9.48 Å². The van der Waals surface area contributed by atoms with Crippen molar-refractivity contribution in [1.82, 2.24) is 14.3 Å². The summed E-state index contributed by atoms with van der Waals surface area (Å²) in [5.74, 6) is 0.929. The van der Waals surface area contributed by atoms with Crippen LogP contribution in [0.2, 0.25) is 0 Å². The topological polar surface area (TPSA) is 39.8 Å². The van der Waals surface area contributed by atoms with Gasteiger partial charge in [0, 0.05) is 17.4 Å². The molecule has 18 heavy (non-hydrogen) atoms. The molecule has 3 rings (SSSR count). The molecule has 0 atom stereocenters. The highest BCUT2D eigenvalue weighted by Crippen LogP contribution is 2.17. The molecule has 0 bridgehead atoms. The lowest BCUT2D eigenvalue weighted by Crippen LogP contribution is -2.27. The summed E-state index contributed by atoms with van der Waals surface area (Å²) in [5, 5.41) is 4.43. The Balaban J connectivity index is 1.97. The third-order valence-electron chi connectivity index (χ3n) is 3.31. The second kappa shape index (κ2) is 4.72. The lowest BCUT2D eigenvalue weighted by Gasteiger charge is -2.09. The summed E-state index contributed by atoms with van der Waals surface area (Å²) >= 11 is 3.50. The first kappa shape index (κ1) is 11.7. The molecule has 0 fully saturated rings. The molecule has 4 nitrogen and oxygen atoms in total. The monoisotopic (exact) mass is 307 g/mol. The minimum atomic E-state index is 0.0143. The van der Waals surface area contributed by atoms with E-state index in [1.165, 1.54) is 0 Å². The Kier molecular flexibility index (Phi) is 3.07. The highest BCUT2D eigenvalue weighted by atomic mass is 79.9. The fraction of sp³-hybridized carbons (Fsp3) is 0.385. The Hall–Kier alpha value is -1.36. The summed E-state index contributed by atoms with van der Waals surface area (Å²) in [6.45, 7) is 1.34. The molecule has 1 aliphatic rings. The first-order chi connectivity index (χ1) is 8.75. The van der Waals surface area contributed by atoms with Gasteiger partial charge in [0.1, 0.15) is 5.82 Å². The van der Waals surface area contributed by atoms with Crippen molar-refractivity contribution in [2.24, 2.45) is 0 Å². The van der Waals surface area contributed by atoms with Crippen LogP contribution in [0.4, 0.5) is 0 Å². The van der Waals surface area contributed by atoms with Gasteiger partial charge in [-0.1, -0.05) is 34.1 Å². The molecule has 0 amide bonds. The van der Waals surface area contributed by atoms with Gasteiger partial charge in [0.05, 0.1) is 6.54 Å². The maximum absolute atomic E-state index is 12.2. The Bertz CT molecular complexity index is 629. The third-order valence-corrected chi connectivity index (χ3v) is 4.08. The largest absolute Gasteiger partial charge is 0.346 e. The quantitative estimate of drug-likeness (QED) is 0.853. The molecule has 0 aliphatic carbocycles.